The molecule has 1 unspecified atom stereocenters. The number of fused-ring (bicyclic) bond motifs is 1. The van der Waals surface area contributed by atoms with Gasteiger partial charge in [0.1, 0.15) is 5.60 Å². The van der Waals surface area contributed by atoms with Crippen LogP contribution in [0.1, 0.15) is 17.7 Å². The fourth-order valence-electron chi connectivity index (χ4n) is 3.46. The first kappa shape index (κ1) is 17.0. The summed E-state index contributed by atoms with van der Waals surface area (Å²) in [5.74, 6) is 1.88. The topological polar surface area (TPSA) is 38.1 Å². The second kappa shape index (κ2) is 6.71. The van der Waals surface area contributed by atoms with E-state index in [1.54, 1.807) is 6.07 Å². The lowest BCUT2D eigenvalue weighted by Gasteiger charge is -2.28. The molecule has 4 rings (SSSR count). The third-order valence-electron chi connectivity index (χ3n) is 4.71. The van der Waals surface area contributed by atoms with Gasteiger partial charge in [-0.2, -0.15) is 4.39 Å². The molecule has 0 fully saturated rings. The first-order chi connectivity index (χ1) is 13.1. The molecule has 0 aliphatic rings. The quantitative estimate of drug-likeness (QED) is 0.434. The number of pyridine rings is 1. The fourth-order valence-corrected chi connectivity index (χ4v) is 3.46. The van der Waals surface area contributed by atoms with Crippen LogP contribution >= 0.6 is 0 Å². The van der Waals surface area contributed by atoms with Gasteiger partial charge < -0.3 is 9.67 Å². The van der Waals surface area contributed by atoms with Crippen molar-refractivity contribution in [1.29, 1.82) is 0 Å². The Hall–Kier alpha value is -3.42. The van der Waals surface area contributed by atoms with Gasteiger partial charge in [-0.25, -0.2) is 4.98 Å². The molecule has 3 nitrogen and oxygen atoms in total. The zero-order chi connectivity index (χ0) is 18.9. The molecule has 4 aromatic rings. The van der Waals surface area contributed by atoms with Gasteiger partial charge in [-0.05, 0) is 42.0 Å². The third kappa shape index (κ3) is 2.88. The number of rotatable bonds is 4. The summed E-state index contributed by atoms with van der Waals surface area (Å²) in [5, 5.41) is 12.6. The van der Waals surface area contributed by atoms with Crippen LogP contribution in [0, 0.1) is 18.3 Å². The van der Waals surface area contributed by atoms with E-state index in [-0.39, 0.29) is 6.42 Å². The van der Waals surface area contributed by atoms with E-state index in [2.05, 4.69) is 10.9 Å². The van der Waals surface area contributed by atoms with Gasteiger partial charge in [0.25, 0.3) is 0 Å². The molecular weight excluding hydrogens is 339 g/mol. The summed E-state index contributed by atoms with van der Waals surface area (Å²) in [7, 11) is 0. The number of terminal acetylenes is 1. The number of nitrogens with zero attached hydrogens (tertiary/aromatic N) is 2. The van der Waals surface area contributed by atoms with E-state index < -0.39 is 11.5 Å². The van der Waals surface area contributed by atoms with Crippen LogP contribution in [-0.4, -0.2) is 14.7 Å². The molecule has 2 aromatic carbocycles. The summed E-state index contributed by atoms with van der Waals surface area (Å²) in [4.78, 5) is 3.59. The standard InChI is InChI=1S/C23H17FN2O/c1-2-13-23(27,18-12-14-25-22(24)16-18)21-15-17-8-6-7-11-20(17)26(21)19-9-4-3-5-10-19/h1,3-12,14-16,27H,13H2. The van der Waals surface area contributed by atoms with Crippen molar-refractivity contribution >= 4 is 10.9 Å². The summed E-state index contributed by atoms with van der Waals surface area (Å²) in [6.07, 6.45) is 6.92. The van der Waals surface area contributed by atoms with Crippen molar-refractivity contribution in [3.8, 4) is 18.0 Å². The normalized spacial score (nSPS) is 13.2. The van der Waals surface area contributed by atoms with Crippen molar-refractivity contribution in [2.45, 2.75) is 12.0 Å². The highest BCUT2D eigenvalue weighted by Crippen LogP contribution is 2.38. The summed E-state index contributed by atoms with van der Waals surface area (Å²) in [6.45, 7) is 0. The van der Waals surface area contributed by atoms with Crippen molar-refractivity contribution in [3.05, 3.63) is 96.2 Å². The van der Waals surface area contributed by atoms with Gasteiger partial charge in [0.15, 0.2) is 0 Å². The molecule has 2 aromatic heterocycles. The molecule has 1 atom stereocenters. The summed E-state index contributed by atoms with van der Waals surface area (Å²) >= 11 is 0. The molecule has 4 heteroatoms. The molecule has 0 aliphatic heterocycles. The lowest BCUT2D eigenvalue weighted by atomic mass is 9.87. The van der Waals surface area contributed by atoms with Crippen molar-refractivity contribution in [2.24, 2.45) is 0 Å². The average Bonchev–Trinajstić information content (AvgIpc) is 3.09. The van der Waals surface area contributed by atoms with Crippen molar-refractivity contribution in [2.75, 3.05) is 0 Å². The average molecular weight is 356 g/mol. The first-order valence-electron chi connectivity index (χ1n) is 8.58. The Morgan fingerprint density at radius 3 is 2.52 bits per heavy atom. The summed E-state index contributed by atoms with van der Waals surface area (Å²) in [6, 6.07) is 22.3. The molecular formula is C23H17FN2O. The second-order valence-corrected chi connectivity index (χ2v) is 6.37. The Labute approximate surface area is 156 Å². The van der Waals surface area contributed by atoms with E-state index in [4.69, 9.17) is 6.42 Å². The predicted molar refractivity (Wildman–Crippen MR) is 104 cm³/mol. The van der Waals surface area contributed by atoms with Crippen LogP contribution in [0.3, 0.4) is 0 Å². The fraction of sp³-hybridized carbons (Fsp3) is 0.0870. The Morgan fingerprint density at radius 1 is 1.04 bits per heavy atom. The number of hydrogen-bond donors (Lipinski definition) is 1. The van der Waals surface area contributed by atoms with Crippen LogP contribution in [0.15, 0.2) is 79.0 Å². The van der Waals surface area contributed by atoms with Crippen LogP contribution in [0.25, 0.3) is 16.6 Å². The Morgan fingerprint density at radius 2 is 1.78 bits per heavy atom. The molecule has 0 aliphatic carbocycles. The second-order valence-electron chi connectivity index (χ2n) is 6.37. The number of benzene rings is 2. The van der Waals surface area contributed by atoms with Crippen molar-refractivity contribution < 1.29 is 9.50 Å². The summed E-state index contributed by atoms with van der Waals surface area (Å²) < 4.78 is 15.8. The van der Waals surface area contributed by atoms with Crippen LogP contribution in [0.2, 0.25) is 0 Å². The largest absolute Gasteiger partial charge is 0.378 e. The van der Waals surface area contributed by atoms with E-state index in [1.807, 2.05) is 65.2 Å². The monoisotopic (exact) mass is 356 g/mol. The van der Waals surface area contributed by atoms with Crippen LogP contribution < -0.4 is 0 Å². The maximum Gasteiger partial charge on any atom is 0.213 e. The van der Waals surface area contributed by atoms with Gasteiger partial charge in [0.05, 0.1) is 11.2 Å². The maximum atomic E-state index is 13.8. The van der Waals surface area contributed by atoms with Gasteiger partial charge in [0.2, 0.25) is 5.95 Å². The molecule has 0 saturated carbocycles. The molecule has 0 bridgehead atoms. The van der Waals surface area contributed by atoms with Gasteiger partial charge in [0, 0.05) is 23.7 Å². The van der Waals surface area contributed by atoms with Gasteiger partial charge >= 0.3 is 0 Å². The molecule has 2 heterocycles. The molecule has 132 valence electrons. The van der Waals surface area contributed by atoms with Gasteiger partial charge in [-0.15, -0.1) is 12.3 Å². The minimum Gasteiger partial charge on any atom is -0.378 e. The minimum absolute atomic E-state index is 0.000388. The van der Waals surface area contributed by atoms with Crippen LogP contribution in [0.5, 0.6) is 0 Å². The van der Waals surface area contributed by atoms with Crippen molar-refractivity contribution in [1.82, 2.24) is 9.55 Å². The zero-order valence-electron chi connectivity index (χ0n) is 14.5. The summed E-state index contributed by atoms with van der Waals surface area (Å²) in [5.41, 5.74) is 1.21. The maximum absolute atomic E-state index is 13.8. The number of para-hydroxylation sites is 2. The highest BCUT2D eigenvalue weighted by Gasteiger charge is 2.35. The molecule has 1 N–H and O–H groups in total. The highest BCUT2D eigenvalue weighted by molar-refractivity contribution is 5.84. The number of halogens is 1. The smallest absolute Gasteiger partial charge is 0.213 e. The third-order valence-corrected chi connectivity index (χ3v) is 4.71. The predicted octanol–water partition coefficient (Wildman–Crippen LogP) is 4.42. The molecule has 0 radical (unpaired) electrons. The van der Waals surface area contributed by atoms with Gasteiger partial charge in [-0.3, -0.25) is 0 Å². The number of aromatic nitrogens is 2. The Kier molecular flexibility index (Phi) is 4.23. The molecule has 27 heavy (non-hydrogen) atoms. The Balaban J connectivity index is 2.06. The molecule has 0 spiro atoms. The minimum atomic E-state index is -1.56. The highest BCUT2D eigenvalue weighted by atomic mass is 19.1. The first-order valence-corrected chi connectivity index (χ1v) is 8.58. The SMILES string of the molecule is C#CCC(O)(c1ccnc(F)c1)c1cc2ccccc2n1-c1ccccc1. The van der Waals surface area contributed by atoms with E-state index in [0.717, 1.165) is 16.6 Å². The van der Waals surface area contributed by atoms with Crippen LogP contribution in [0.4, 0.5) is 4.39 Å². The lowest BCUT2D eigenvalue weighted by Crippen LogP contribution is -2.30. The molecule has 0 amide bonds. The van der Waals surface area contributed by atoms with Crippen molar-refractivity contribution in [3.63, 3.8) is 0 Å². The van der Waals surface area contributed by atoms with E-state index in [1.165, 1.54) is 12.3 Å². The van der Waals surface area contributed by atoms with Gasteiger partial charge in [-0.1, -0.05) is 36.4 Å². The van der Waals surface area contributed by atoms with Crippen LogP contribution in [-0.2, 0) is 5.60 Å². The van der Waals surface area contributed by atoms with E-state index in [9.17, 15) is 9.50 Å². The number of hydrogen-bond acceptors (Lipinski definition) is 2. The molecule has 0 saturated heterocycles. The lowest BCUT2D eigenvalue weighted by molar-refractivity contribution is 0.0799. The van der Waals surface area contributed by atoms with E-state index >= 15 is 0 Å². The van der Waals surface area contributed by atoms with E-state index in [0.29, 0.717) is 11.3 Å². The number of aliphatic hydroxyl groups is 1. The Bertz CT molecular complexity index is 1140. The zero-order valence-corrected chi connectivity index (χ0v) is 14.5.